The first-order valence-electron chi connectivity index (χ1n) is 5.48. The fourth-order valence-electron chi connectivity index (χ4n) is 1.82. The van der Waals surface area contributed by atoms with Gasteiger partial charge in [0.1, 0.15) is 5.82 Å². The number of aryl methyl sites for hydroxylation is 1. The third kappa shape index (κ3) is 2.87. The quantitative estimate of drug-likeness (QED) is 0.658. The lowest BCUT2D eigenvalue weighted by Crippen LogP contribution is -2.29. The first-order chi connectivity index (χ1) is 8.60. The molecule has 0 aliphatic heterocycles. The Morgan fingerprint density at radius 3 is 2.89 bits per heavy atom. The first kappa shape index (κ1) is 13.0. The van der Waals surface area contributed by atoms with Crippen LogP contribution in [0.3, 0.4) is 0 Å². The molecule has 1 aromatic carbocycles. The lowest BCUT2D eigenvalue weighted by molar-refractivity contribution is 0.549. The van der Waals surface area contributed by atoms with Gasteiger partial charge < -0.3 is 0 Å². The minimum absolute atomic E-state index is 0.0962. The van der Waals surface area contributed by atoms with Crippen molar-refractivity contribution in [1.82, 2.24) is 15.2 Å². The van der Waals surface area contributed by atoms with Gasteiger partial charge in [-0.3, -0.25) is 16.0 Å². The molecule has 4 nitrogen and oxygen atoms in total. The van der Waals surface area contributed by atoms with Crippen LogP contribution in [0.4, 0.5) is 4.39 Å². The van der Waals surface area contributed by atoms with E-state index in [0.717, 1.165) is 11.1 Å². The number of halogens is 2. The first-order valence-corrected chi connectivity index (χ1v) is 5.86. The van der Waals surface area contributed by atoms with E-state index in [-0.39, 0.29) is 11.1 Å². The van der Waals surface area contributed by atoms with Gasteiger partial charge >= 0.3 is 0 Å². The summed E-state index contributed by atoms with van der Waals surface area (Å²) in [6.07, 6.45) is 4.34. The van der Waals surface area contributed by atoms with Crippen molar-refractivity contribution in [3.63, 3.8) is 0 Å². The summed E-state index contributed by atoms with van der Waals surface area (Å²) in [7, 11) is 1.85. The molecule has 1 aromatic heterocycles. The second-order valence-corrected chi connectivity index (χ2v) is 4.53. The third-order valence-corrected chi connectivity index (χ3v) is 3.04. The molecule has 0 saturated heterocycles. The van der Waals surface area contributed by atoms with Crippen LogP contribution in [0, 0.1) is 5.82 Å². The summed E-state index contributed by atoms with van der Waals surface area (Å²) >= 11 is 5.76. The Hall–Kier alpha value is -1.43. The maximum absolute atomic E-state index is 13.1. The standard InChI is InChI=1S/C12H14ClFN4/c1-18-7-8(6-16-18)4-12(17-15)9-2-3-11(14)10(13)5-9/h2-3,5-7,12,17H,4,15H2,1H3. The Morgan fingerprint density at radius 1 is 1.56 bits per heavy atom. The molecule has 1 atom stereocenters. The summed E-state index contributed by atoms with van der Waals surface area (Å²) in [5, 5.41) is 4.19. The van der Waals surface area contributed by atoms with Crippen LogP contribution in [0.2, 0.25) is 5.02 Å². The maximum Gasteiger partial charge on any atom is 0.141 e. The zero-order chi connectivity index (χ0) is 13.1. The molecule has 2 aromatic rings. The second-order valence-electron chi connectivity index (χ2n) is 4.12. The normalized spacial score (nSPS) is 12.7. The molecule has 0 saturated carbocycles. The van der Waals surface area contributed by atoms with E-state index < -0.39 is 5.82 Å². The SMILES string of the molecule is Cn1cc(CC(NN)c2ccc(F)c(Cl)c2)cn1. The molecular weight excluding hydrogens is 255 g/mol. The summed E-state index contributed by atoms with van der Waals surface area (Å²) in [6, 6.07) is 4.46. The predicted molar refractivity (Wildman–Crippen MR) is 68.4 cm³/mol. The smallest absolute Gasteiger partial charge is 0.141 e. The molecule has 1 unspecified atom stereocenters. The van der Waals surface area contributed by atoms with Crippen molar-refractivity contribution in [1.29, 1.82) is 0 Å². The lowest BCUT2D eigenvalue weighted by Gasteiger charge is -2.15. The van der Waals surface area contributed by atoms with Gasteiger partial charge in [0.05, 0.1) is 17.3 Å². The van der Waals surface area contributed by atoms with Gasteiger partial charge in [-0.25, -0.2) is 4.39 Å². The molecule has 0 aliphatic rings. The highest BCUT2D eigenvalue weighted by Gasteiger charge is 2.13. The van der Waals surface area contributed by atoms with Crippen LogP contribution in [0.5, 0.6) is 0 Å². The van der Waals surface area contributed by atoms with Gasteiger partial charge in [-0.1, -0.05) is 17.7 Å². The van der Waals surface area contributed by atoms with Crippen LogP contribution in [-0.2, 0) is 13.5 Å². The fourth-order valence-corrected chi connectivity index (χ4v) is 2.00. The fraction of sp³-hybridized carbons (Fsp3) is 0.250. The minimum atomic E-state index is -0.433. The van der Waals surface area contributed by atoms with E-state index in [1.54, 1.807) is 23.0 Å². The molecule has 0 radical (unpaired) electrons. The number of nitrogens with zero attached hydrogens (tertiary/aromatic N) is 2. The summed E-state index contributed by atoms with van der Waals surface area (Å²) in [5.41, 5.74) is 4.59. The molecule has 18 heavy (non-hydrogen) atoms. The monoisotopic (exact) mass is 268 g/mol. The maximum atomic E-state index is 13.1. The topological polar surface area (TPSA) is 55.9 Å². The van der Waals surface area contributed by atoms with E-state index in [0.29, 0.717) is 6.42 Å². The van der Waals surface area contributed by atoms with Gasteiger partial charge in [0.15, 0.2) is 0 Å². The summed E-state index contributed by atoms with van der Waals surface area (Å²) in [5.74, 6) is 5.10. The average Bonchev–Trinajstić information content (AvgIpc) is 2.75. The number of benzene rings is 1. The van der Waals surface area contributed by atoms with Crippen molar-refractivity contribution in [3.05, 3.63) is 52.6 Å². The van der Waals surface area contributed by atoms with Crippen LogP contribution in [0.15, 0.2) is 30.6 Å². The molecule has 0 fully saturated rings. The second kappa shape index (κ2) is 5.48. The van der Waals surface area contributed by atoms with Crippen LogP contribution >= 0.6 is 11.6 Å². The Kier molecular flexibility index (Phi) is 3.96. The Labute approximate surface area is 110 Å². The van der Waals surface area contributed by atoms with Crippen molar-refractivity contribution in [2.24, 2.45) is 12.9 Å². The zero-order valence-corrected chi connectivity index (χ0v) is 10.7. The molecule has 96 valence electrons. The number of rotatable bonds is 4. The van der Waals surface area contributed by atoms with Crippen LogP contribution in [-0.4, -0.2) is 9.78 Å². The Morgan fingerprint density at radius 2 is 2.33 bits per heavy atom. The highest BCUT2D eigenvalue weighted by molar-refractivity contribution is 6.30. The molecule has 0 bridgehead atoms. The van der Waals surface area contributed by atoms with Crippen molar-refractivity contribution >= 4 is 11.6 Å². The number of hydrazine groups is 1. The molecular formula is C12H14ClFN4. The molecule has 1 heterocycles. The summed E-state index contributed by atoms with van der Waals surface area (Å²) in [4.78, 5) is 0. The van der Waals surface area contributed by atoms with Gasteiger partial charge in [0, 0.05) is 13.2 Å². The summed E-state index contributed by atoms with van der Waals surface area (Å²) in [6.45, 7) is 0. The van der Waals surface area contributed by atoms with E-state index in [4.69, 9.17) is 17.4 Å². The van der Waals surface area contributed by atoms with Gasteiger partial charge in [-0.2, -0.15) is 5.10 Å². The van der Waals surface area contributed by atoms with Crippen LogP contribution in [0.1, 0.15) is 17.2 Å². The van der Waals surface area contributed by atoms with E-state index in [1.807, 2.05) is 13.2 Å². The third-order valence-electron chi connectivity index (χ3n) is 2.75. The molecule has 6 heteroatoms. The van der Waals surface area contributed by atoms with Crippen LogP contribution < -0.4 is 11.3 Å². The molecule has 0 aliphatic carbocycles. The number of hydrogen-bond donors (Lipinski definition) is 2. The number of nitrogens with one attached hydrogen (secondary N) is 1. The Bertz CT molecular complexity index is 541. The highest BCUT2D eigenvalue weighted by atomic mass is 35.5. The average molecular weight is 269 g/mol. The zero-order valence-electron chi connectivity index (χ0n) is 9.90. The van der Waals surface area contributed by atoms with E-state index in [1.165, 1.54) is 6.07 Å². The lowest BCUT2D eigenvalue weighted by atomic mass is 10.0. The van der Waals surface area contributed by atoms with E-state index >= 15 is 0 Å². The van der Waals surface area contributed by atoms with Crippen molar-refractivity contribution in [3.8, 4) is 0 Å². The molecule has 2 rings (SSSR count). The van der Waals surface area contributed by atoms with Crippen molar-refractivity contribution in [2.45, 2.75) is 12.5 Å². The molecule has 3 N–H and O–H groups in total. The van der Waals surface area contributed by atoms with Gasteiger partial charge in [0.2, 0.25) is 0 Å². The van der Waals surface area contributed by atoms with Gasteiger partial charge in [-0.15, -0.1) is 0 Å². The van der Waals surface area contributed by atoms with Gasteiger partial charge in [0.25, 0.3) is 0 Å². The van der Waals surface area contributed by atoms with Crippen molar-refractivity contribution < 1.29 is 4.39 Å². The molecule has 0 amide bonds. The minimum Gasteiger partial charge on any atom is -0.276 e. The van der Waals surface area contributed by atoms with Crippen LogP contribution in [0.25, 0.3) is 0 Å². The number of hydrogen-bond acceptors (Lipinski definition) is 3. The van der Waals surface area contributed by atoms with Gasteiger partial charge in [-0.05, 0) is 29.7 Å². The largest absolute Gasteiger partial charge is 0.276 e. The van der Waals surface area contributed by atoms with Crippen molar-refractivity contribution in [2.75, 3.05) is 0 Å². The van der Waals surface area contributed by atoms with E-state index in [2.05, 4.69) is 10.5 Å². The van der Waals surface area contributed by atoms with E-state index in [9.17, 15) is 4.39 Å². The predicted octanol–water partition coefficient (Wildman–Crippen LogP) is 1.96. The number of nitrogens with two attached hydrogens (primary N) is 1. The summed E-state index contributed by atoms with van der Waals surface area (Å²) < 4.78 is 14.8. The molecule has 0 spiro atoms. The highest BCUT2D eigenvalue weighted by Crippen LogP contribution is 2.23. The Balaban J connectivity index is 2.19. The number of aromatic nitrogens is 2.